The van der Waals surface area contributed by atoms with E-state index in [9.17, 15) is 0 Å². The number of rotatable bonds is 4. The van der Waals surface area contributed by atoms with E-state index in [-0.39, 0.29) is 6.04 Å². The molecule has 0 radical (unpaired) electrons. The first-order chi connectivity index (χ1) is 12.9. The highest BCUT2D eigenvalue weighted by molar-refractivity contribution is 7.80. The molecule has 0 saturated carbocycles. The van der Waals surface area contributed by atoms with Gasteiger partial charge in [0.15, 0.2) is 5.11 Å². The highest BCUT2D eigenvalue weighted by Gasteiger charge is 2.17. The fourth-order valence-corrected chi connectivity index (χ4v) is 3.99. The van der Waals surface area contributed by atoms with Crippen LogP contribution in [0.3, 0.4) is 0 Å². The van der Waals surface area contributed by atoms with Gasteiger partial charge in [-0.05, 0) is 86.6 Å². The van der Waals surface area contributed by atoms with Gasteiger partial charge in [0.2, 0.25) is 0 Å². The van der Waals surface area contributed by atoms with Crippen LogP contribution >= 0.6 is 12.2 Å². The molecule has 0 unspecified atom stereocenters. The Morgan fingerprint density at radius 1 is 1.15 bits per heavy atom. The number of piperidine rings is 1. The first-order valence-electron chi connectivity index (χ1n) is 9.92. The molecule has 1 aliphatic rings. The summed E-state index contributed by atoms with van der Waals surface area (Å²) in [5.41, 5.74) is 6.05. The van der Waals surface area contributed by atoms with E-state index in [1.807, 2.05) is 0 Å². The highest BCUT2D eigenvalue weighted by Crippen LogP contribution is 2.25. The van der Waals surface area contributed by atoms with E-state index >= 15 is 0 Å². The average Bonchev–Trinajstić information content (AvgIpc) is 2.65. The molecule has 1 fully saturated rings. The summed E-state index contributed by atoms with van der Waals surface area (Å²) in [7, 11) is 0. The second-order valence-electron chi connectivity index (χ2n) is 7.92. The Labute approximate surface area is 169 Å². The van der Waals surface area contributed by atoms with Gasteiger partial charge in [-0.3, -0.25) is 0 Å². The molecule has 3 rings (SSSR count). The topological polar surface area (TPSA) is 27.3 Å². The van der Waals surface area contributed by atoms with Crippen LogP contribution in [0.2, 0.25) is 0 Å². The van der Waals surface area contributed by atoms with E-state index in [2.05, 4.69) is 85.7 Å². The first-order valence-corrected chi connectivity index (χ1v) is 10.3. The summed E-state index contributed by atoms with van der Waals surface area (Å²) >= 11 is 5.53. The van der Waals surface area contributed by atoms with E-state index in [0.29, 0.717) is 5.11 Å². The van der Waals surface area contributed by atoms with E-state index in [4.69, 9.17) is 12.2 Å². The third kappa shape index (κ3) is 5.23. The predicted octanol–water partition coefficient (Wildman–Crippen LogP) is 5.59. The van der Waals surface area contributed by atoms with Crippen molar-refractivity contribution < 1.29 is 0 Å². The van der Waals surface area contributed by atoms with Gasteiger partial charge >= 0.3 is 0 Å². The molecule has 0 amide bonds. The number of nitrogens with zero attached hydrogens (tertiary/aromatic N) is 1. The van der Waals surface area contributed by atoms with E-state index in [0.717, 1.165) is 18.2 Å². The molecule has 2 aromatic rings. The molecule has 144 valence electrons. The van der Waals surface area contributed by atoms with Crippen LogP contribution in [0.1, 0.15) is 49.4 Å². The molecule has 1 heterocycles. The van der Waals surface area contributed by atoms with Crippen molar-refractivity contribution >= 4 is 28.7 Å². The molecule has 0 bridgehead atoms. The van der Waals surface area contributed by atoms with Gasteiger partial charge in [-0.15, -0.1) is 0 Å². The van der Waals surface area contributed by atoms with Crippen LogP contribution < -0.4 is 15.5 Å². The normalized spacial score (nSPS) is 18.1. The van der Waals surface area contributed by atoms with E-state index in [1.165, 1.54) is 41.8 Å². The number of hydrogen-bond donors (Lipinski definition) is 2. The van der Waals surface area contributed by atoms with Gasteiger partial charge in [0.1, 0.15) is 0 Å². The Hall–Kier alpha value is -2.07. The molecule has 0 spiro atoms. The molecule has 1 aliphatic heterocycles. The molecule has 2 aromatic carbocycles. The van der Waals surface area contributed by atoms with Crippen molar-refractivity contribution in [3.05, 3.63) is 59.2 Å². The van der Waals surface area contributed by atoms with E-state index in [1.54, 1.807) is 0 Å². The molecule has 0 aromatic heterocycles. The van der Waals surface area contributed by atoms with Gasteiger partial charge in [-0.25, -0.2) is 0 Å². The van der Waals surface area contributed by atoms with Gasteiger partial charge in [-0.2, -0.15) is 0 Å². The minimum Gasteiger partial charge on any atom is -0.371 e. The molecule has 2 atom stereocenters. The Bertz CT molecular complexity index is 785. The van der Waals surface area contributed by atoms with E-state index < -0.39 is 0 Å². The van der Waals surface area contributed by atoms with Crippen molar-refractivity contribution in [2.75, 3.05) is 23.3 Å². The molecule has 1 saturated heterocycles. The monoisotopic (exact) mass is 381 g/mol. The maximum absolute atomic E-state index is 5.53. The first kappa shape index (κ1) is 19.7. The summed E-state index contributed by atoms with van der Waals surface area (Å²) in [4.78, 5) is 2.50. The van der Waals surface area contributed by atoms with Crippen molar-refractivity contribution in [2.45, 2.75) is 46.6 Å². The third-order valence-electron chi connectivity index (χ3n) is 5.40. The zero-order valence-corrected chi connectivity index (χ0v) is 17.7. The zero-order chi connectivity index (χ0) is 19.4. The second kappa shape index (κ2) is 8.75. The molecule has 3 nitrogen and oxygen atoms in total. The van der Waals surface area contributed by atoms with Crippen molar-refractivity contribution in [1.82, 2.24) is 5.32 Å². The Morgan fingerprint density at radius 2 is 1.89 bits per heavy atom. The highest BCUT2D eigenvalue weighted by atomic mass is 32.1. The number of thiocarbonyl (C=S) groups is 1. The van der Waals surface area contributed by atoms with Crippen LogP contribution in [-0.4, -0.2) is 18.2 Å². The minimum absolute atomic E-state index is 0.157. The van der Waals surface area contributed by atoms with Gasteiger partial charge in [-0.1, -0.05) is 31.2 Å². The lowest BCUT2D eigenvalue weighted by Gasteiger charge is -2.33. The summed E-state index contributed by atoms with van der Waals surface area (Å²) in [6, 6.07) is 15.4. The lowest BCUT2D eigenvalue weighted by atomic mass is 9.99. The summed E-state index contributed by atoms with van der Waals surface area (Å²) < 4.78 is 0. The summed E-state index contributed by atoms with van der Waals surface area (Å²) in [5.74, 6) is 0.785. The average molecular weight is 382 g/mol. The number of aryl methyl sites for hydroxylation is 2. The van der Waals surface area contributed by atoms with Crippen LogP contribution in [0.25, 0.3) is 0 Å². The van der Waals surface area contributed by atoms with Crippen molar-refractivity contribution in [3.8, 4) is 0 Å². The maximum Gasteiger partial charge on any atom is 0.171 e. The summed E-state index contributed by atoms with van der Waals surface area (Å²) in [5, 5.41) is 7.39. The quantitative estimate of drug-likeness (QED) is 0.675. The molecular formula is C23H31N3S. The summed E-state index contributed by atoms with van der Waals surface area (Å²) in [6.45, 7) is 11.0. The largest absolute Gasteiger partial charge is 0.371 e. The van der Waals surface area contributed by atoms with Crippen molar-refractivity contribution in [2.24, 2.45) is 5.92 Å². The predicted molar refractivity (Wildman–Crippen MR) is 121 cm³/mol. The molecule has 4 heteroatoms. The maximum atomic E-state index is 5.53. The van der Waals surface area contributed by atoms with Crippen LogP contribution in [0, 0.1) is 19.8 Å². The van der Waals surface area contributed by atoms with Gasteiger partial charge in [0.25, 0.3) is 0 Å². The smallest absolute Gasteiger partial charge is 0.171 e. The lowest BCUT2D eigenvalue weighted by Crippen LogP contribution is -2.34. The number of nitrogens with one attached hydrogen (secondary N) is 2. The molecule has 27 heavy (non-hydrogen) atoms. The fourth-order valence-electron chi connectivity index (χ4n) is 3.71. The van der Waals surface area contributed by atoms with Crippen LogP contribution in [0.5, 0.6) is 0 Å². The third-order valence-corrected chi connectivity index (χ3v) is 5.62. The van der Waals surface area contributed by atoms with Gasteiger partial charge in [0, 0.05) is 24.5 Å². The summed E-state index contributed by atoms with van der Waals surface area (Å²) in [6.07, 6.45) is 2.64. The SMILES string of the molecule is Cc1ccc(C)c(NC(=S)N[C@@H](C)c2ccc(N3CCC[C@H](C)C3)cc2)c1. The molecule has 2 N–H and O–H groups in total. The second-order valence-corrected chi connectivity index (χ2v) is 8.33. The molecular weight excluding hydrogens is 350 g/mol. The van der Waals surface area contributed by atoms with Gasteiger partial charge < -0.3 is 15.5 Å². The Kier molecular flexibility index (Phi) is 6.38. The van der Waals surface area contributed by atoms with Crippen LogP contribution in [0.4, 0.5) is 11.4 Å². The lowest BCUT2D eigenvalue weighted by molar-refractivity contribution is 0.447. The van der Waals surface area contributed by atoms with Crippen molar-refractivity contribution in [1.29, 1.82) is 0 Å². The van der Waals surface area contributed by atoms with Crippen LogP contribution in [-0.2, 0) is 0 Å². The number of anilines is 2. The Balaban J connectivity index is 1.59. The van der Waals surface area contributed by atoms with Crippen molar-refractivity contribution in [3.63, 3.8) is 0 Å². The fraction of sp³-hybridized carbons (Fsp3) is 0.435. The zero-order valence-electron chi connectivity index (χ0n) is 16.9. The number of benzene rings is 2. The van der Waals surface area contributed by atoms with Crippen LogP contribution in [0.15, 0.2) is 42.5 Å². The number of hydrogen-bond acceptors (Lipinski definition) is 2. The standard InChI is InChI=1S/C23H31N3S/c1-16-7-8-18(3)22(14-16)25-23(27)24-19(4)20-9-11-21(12-10-20)26-13-5-6-17(2)15-26/h7-12,14,17,19H,5-6,13,15H2,1-4H3,(H2,24,25,27)/t17-,19-/m0/s1. The van der Waals surface area contributed by atoms with Gasteiger partial charge in [0.05, 0.1) is 6.04 Å². The Morgan fingerprint density at radius 3 is 2.59 bits per heavy atom. The molecule has 0 aliphatic carbocycles. The minimum atomic E-state index is 0.157.